The SMILES string of the molecule is O=C(NCC1(O)CCSC1)c1ccc(N2CCCCC2)cc1. The highest BCUT2D eigenvalue weighted by molar-refractivity contribution is 7.99. The Kier molecular flexibility index (Phi) is 4.93. The number of anilines is 1. The van der Waals surface area contributed by atoms with Crippen LogP contribution in [0.1, 0.15) is 36.0 Å². The summed E-state index contributed by atoms with van der Waals surface area (Å²) in [6.45, 7) is 2.55. The van der Waals surface area contributed by atoms with Crippen molar-refractivity contribution in [3.05, 3.63) is 29.8 Å². The first-order valence-corrected chi connectivity index (χ1v) is 9.25. The van der Waals surface area contributed by atoms with Crippen LogP contribution in [-0.4, -0.2) is 47.8 Å². The topological polar surface area (TPSA) is 52.6 Å². The van der Waals surface area contributed by atoms with Crippen LogP contribution in [0.2, 0.25) is 0 Å². The van der Waals surface area contributed by atoms with Gasteiger partial charge in [0, 0.05) is 36.6 Å². The first kappa shape index (κ1) is 15.7. The second kappa shape index (κ2) is 6.92. The van der Waals surface area contributed by atoms with Gasteiger partial charge in [0.25, 0.3) is 5.91 Å². The van der Waals surface area contributed by atoms with Crippen LogP contribution < -0.4 is 10.2 Å². The van der Waals surface area contributed by atoms with E-state index in [1.165, 1.54) is 24.9 Å². The van der Waals surface area contributed by atoms with Crippen LogP contribution in [0, 0.1) is 0 Å². The average molecular weight is 320 g/mol. The molecule has 0 aromatic heterocycles. The Bertz CT molecular complexity index is 506. The summed E-state index contributed by atoms with van der Waals surface area (Å²) in [6, 6.07) is 7.82. The van der Waals surface area contributed by atoms with Gasteiger partial charge in [-0.05, 0) is 55.7 Å². The summed E-state index contributed by atoms with van der Waals surface area (Å²) in [5, 5.41) is 13.1. The summed E-state index contributed by atoms with van der Waals surface area (Å²) < 4.78 is 0. The number of carbonyl (C=O) groups excluding carboxylic acids is 1. The monoisotopic (exact) mass is 320 g/mol. The molecule has 2 heterocycles. The normalized spacial score (nSPS) is 25.2. The number of hydrogen-bond acceptors (Lipinski definition) is 4. The van der Waals surface area contributed by atoms with Crippen molar-refractivity contribution < 1.29 is 9.90 Å². The predicted octanol–water partition coefficient (Wildman–Crippen LogP) is 2.27. The fraction of sp³-hybridized carbons (Fsp3) is 0.588. The van der Waals surface area contributed by atoms with Crippen LogP contribution in [0.15, 0.2) is 24.3 Å². The molecule has 0 spiro atoms. The highest BCUT2D eigenvalue weighted by Crippen LogP contribution is 2.27. The molecule has 1 atom stereocenters. The second-order valence-corrected chi connectivity index (χ2v) is 7.41. The number of aliphatic hydroxyl groups is 1. The molecule has 2 aliphatic heterocycles. The molecule has 1 aromatic carbocycles. The van der Waals surface area contributed by atoms with Crippen LogP contribution in [0.4, 0.5) is 5.69 Å². The van der Waals surface area contributed by atoms with Crippen LogP contribution in [0.25, 0.3) is 0 Å². The van der Waals surface area contributed by atoms with Gasteiger partial charge in [-0.2, -0.15) is 11.8 Å². The van der Waals surface area contributed by atoms with Crippen molar-refractivity contribution in [1.29, 1.82) is 0 Å². The molecular weight excluding hydrogens is 296 g/mol. The van der Waals surface area contributed by atoms with Gasteiger partial charge >= 0.3 is 0 Å². The third-order valence-electron chi connectivity index (χ3n) is 4.51. The number of carbonyl (C=O) groups is 1. The number of piperidine rings is 1. The second-order valence-electron chi connectivity index (χ2n) is 6.30. The number of amides is 1. The Morgan fingerprint density at radius 2 is 1.95 bits per heavy atom. The molecule has 2 aliphatic rings. The summed E-state index contributed by atoms with van der Waals surface area (Å²) in [5.41, 5.74) is 1.13. The maximum Gasteiger partial charge on any atom is 0.251 e. The largest absolute Gasteiger partial charge is 0.387 e. The lowest BCUT2D eigenvalue weighted by atomic mass is 10.0. The Morgan fingerprint density at radius 3 is 2.59 bits per heavy atom. The van der Waals surface area contributed by atoms with Gasteiger partial charge in [-0.25, -0.2) is 0 Å². The molecular formula is C17H24N2O2S. The van der Waals surface area contributed by atoms with Gasteiger partial charge in [0.2, 0.25) is 0 Å². The van der Waals surface area contributed by atoms with E-state index >= 15 is 0 Å². The maximum absolute atomic E-state index is 12.2. The number of nitrogens with zero attached hydrogens (tertiary/aromatic N) is 1. The van der Waals surface area contributed by atoms with Gasteiger partial charge in [-0.15, -0.1) is 0 Å². The van der Waals surface area contributed by atoms with Gasteiger partial charge in [-0.1, -0.05) is 0 Å². The Morgan fingerprint density at radius 1 is 1.23 bits per heavy atom. The molecule has 1 amide bonds. The Labute approximate surface area is 136 Å². The van der Waals surface area contributed by atoms with Crippen molar-refractivity contribution in [2.75, 3.05) is 36.0 Å². The van der Waals surface area contributed by atoms with Crippen LogP contribution >= 0.6 is 11.8 Å². The zero-order chi connectivity index (χ0) is 15.4. The molecule has 22 heavy (non-hydrogen) atoms. The van der Waals surface area contributed by atoms with E-state index in [2.05, 4.69) is 10.2 Å². The minimum atomic E-state index is -0.728. The number of nitrogens with one attached hydrogen (secondary N) is 1. The molecule has 0 saturated carbocycles. The van der Waals surface area contributed by atoms with E-state index in [1.807, 2.05) is 24.3 Å². The van der Waals surface area contributed by atoms with E-state index in [1.54, 1.807) is 11.8 Å². The van der Waals surface area contributed by atoms with Crippen molar-refractivity contribution in [3.8, 4) is 0 Å². The van der Waals surface area contributed by atoms with Crippen molar-refractivity contribution in [1.82, 2.24) is 5.32 Å². The lowest BCUT2D eigenvalue weighted by molar-refractivity contribution is 0.0612. The van der Waals surface area contributed by atoms with Gasteiger partial charge < -0.3 is 15.3 Å². The first-order valence-electron chi connectivity index (χ1n) is 8.10. The maximum atomic E-state index is 12.2. The summed E-state index contributed by atoms with van der Waals surface area (Å²) in [5.74, 6) is 1.58. The van der Waals surface area contributed by atoms with Crippen LogP contribution in [0.5, 0.6) is 0 Å². The smallest absolute Gasteiger partial charge is 0.251 e. The minimum Gasteiger partial charge on any atom is -0.387 e. The lowest BCUT2D eigenvalue weighted by Gasteiger charge is -2.28. The summed E-state index contributed by atoms with van der Waals surface area (Å²) in [7, 11) is 0. The van der Waals surface area contributed by atoms with E-state index in [-0.39, 0.29) is 5.91 Å². The number of rotatable bonds is 4. The molecule has 4 nitrogen and oxygen atoms in total. The van der Waals surface area contributed by atoms with Crippen molar-refractivity contribution in [2.45, 2.75) is 31.3 Å². The zero-order valence-electron chi connectivity index (χ0n) is 12.9. The van der Waals surface area contributed by atoms with Crippen molar-refractivity contribution >= 4 is 23.4 Å². The highest BCUT2D eigenvalue weighted by Gasteiger charge is 2.32. The Hall–Kier alpha value is -1.20. The van der Waals surface area contributed by atoms with Gasteiger partial charge in [0.15, 0.2) is 0 Å². The molecule has 2 saturated heterocycles. The first-order chi connectivity index (χ1) is 10.7. The molecule has 120 valence electrons. The van der Waals surface area contributed by atoms with Crippen molar-refractivity contribution in [3.63, 3.8) is 0 Å². The van der Waals surface area contributed by atoms with Gasteiger partial charge in [0.05, 0.1) is 5.60 Å². The predicted molar refractivity (Wildman–Crippen MR) is 91.7 cm³/mol. The summed E-state index contributed by atoms with van der Waals surface area (Å²) in [4.78, 5) is 14.6. The van der Waals surface area contributed by atoms with Gasteiger partial charge in [-0.3, -0.25) is 4.79 Å². The van der Waals surface area contributed by atoms with E-state index in [0.717, 1.165) is 25.3 Å². The summed E-state index contributed by atoms with van der Waals surface area (Å²) in [6.07, 6.45) is 4.57. The molecule has 1 aromatic rings. The van der Waals surface area contributed by atoms with E-state index in [4.69, 9.17) is 0 Å². The standard InChI is InChI=1S/C17H24N2O2S/c20-16(18-12-17(21)8-11-22-13-17)14-4-6-15(7-5-14)19-9-2-1-3-10-19/h4-7,21H,1-3,8-13H2,(H,18,20). The molecule has 0 radical (unpaired) electrons. The fourth-order valence-electron chi connectivity index (χ4n) is 3.06. The zero-order valence-corrected chi connectivity index (χ0v) is 13.7. The van der Waals surface area contributed by atoms with Gasteiger partial charge in [0.1, 0.15) is 0 Å². The van der Waals surface area contributed by atoms with Crippen LogP contribution in [0.3, 0.4) is 0 Å². The molecule has 5 heteroatoms. The minimum absolute atomic E-state index is 0.101. The van der Waals surface area contributed by atoms with Crippen LogP contribution in [-0.2, 0) is 0 Å². The molecule has 0 aliphatic carbocycles. The van der Waals surface area contributed by atoms with E-state index < -0.39 is 5.60 Å². The molecule has 0 bridgehead atoms. The number of hydrogen-bond donors (Lipinski definition) is 2. The van der Waals surface area contributed by atoms with Crippen molar-refractivity contribution in [2.24, 2.45) is 0 Å². The van der Waals surface area contributed by atoms with E-state index in [0.29, 0.717) is 17.9 Å². The summed E-state index contributed by atoms with van der Waals surface area (Å²) >= 11 is 1.74. The van der Waals surface area contributed by atoms with E-state index in [9.17, 15) is 9.90 Å². The molecule has 1 unspecified atom stereocenters. The third kappa shape index (κ3) is 3.76. The highest BCUT2D eigenvalue weighted by atomic mass is 32.2. The molecule has 2 N–H and O–H groups in total. The Balaban J connectivity index is 1.56. The molecule has 2 fully saturated rings. The quantitative estimate of drug-likeness (QED) is 0.894. The number of thioether (sulfide) groups is 1. The lowest BCUT2D eigenvalue weighted by Crippen LogP contribution is -2.42. The molecule has 3 rings (SSSR count). The third-order valence-corrected chi connectivity index (χ3v) is 5.75. The number of benzene rings is 1. The average Bonchev–Trinajstić information content (AvgIpc) is 3.01. The fourth-order valence-corrected chi connectivity index (χ4v) is 4.35.